The van der Waals surface area contributed by atoms with E-state index in [0.29, 0.717) is 9.23 Å². The number of hydrogen-bond donors (Lipinski definition) is 1. The number of thiocarbonyl (C=S) groups is 1. The SMILES string of the molecule is Cc1nc2ccccc2nc1-c1cccc(/C=C2\SC(=S)NC2=O)c1. The molecule has 0 spiro atoms. The molecule has 122 valence electrons. The highest BCUT2D eigenvalue weighted by molar-refractivity contribution is 8.26. The van der Waals surface area contributed by atoms with Crippen molar-refractivity contribution < 1.29 is 4.79 Å². The number of amides is 1. The van der Waals surface area contributed by atoms with Gasteiger partial charge in [0.1, 0.15) is 4.32 Å². The lowest BCUT2D eigenvalue weighted by atomic mass is 10.1. The third kappa shape index (κ3) is 3.18. The highest BCUT2D eigenvalue weighted by Gasteiger charge is 2.22. The third-order valence-electron chi connectivity index (χ3n) is 3.84. The van der Waals surface area contributed by atoms with E-state index in [1.54, 1.807) is 0 Å². The van der Waals surface area contributed by atoms with E-state index in [1.165, 1.54) is 11.8 Å². The molecule has 4 nitrogen and oxygen atoms in total. The van der Waals surface area contributed by atoms with Crippen LogP contribution in [-0.2, 0) is 4.79 Å². The van der Waals surface area contributed by atoms with E-state index in [1.807, 2.05) is 61.5 Å². The Morgan fingerprint density at radius 2 is 1.84 bits per heavy atom. The summed E-state index contributed by atoms with van der Waals surface area (Å²) in [5.74, 6) is -0.151. The molecule has 1 saturated heterocycles. The van der Waals surface area contributed by atoms with E-state index in [2.05, 4.69) is 10.3 Å². The Kier molecular flexibility index (Phi) is 4.07. The Morgan fingerprint density at radius 1 is 1.08 bits per heavy atom. The maximum Gasteiger partial charge on any atom is 0.263 e. The molecule has 1 fully saturated rings. The first kappa shape index (κ1) is 15.9. The molecule has 0 atom stereocenters. The predicted molar refractivity (Wildman–Crippen MR) is 106 cm³/mol. The van der Waals surface area contributed by atoms with Gasteiger partial charge in [0.05, 0.1) is 27.3 Å². The van der Waals surface area contributed by atoms with E-state index in [9.17, 15) is 4.79 Å². The van der Waals surface area contributed by atoms with Gasteiger partial charge in [-0.2, -0.15) is 0 Å². The minimum Gasteiger partial charge on any atom is -0.307 e. The van der Waals surface area contributed by atoms with Crippen LogP contribution in [0, 0.1) is 6.92 Å². The molecule has 4 rings (SSSR count). The van der Waals surface area contributed by atoms with Crippen LogP contribution in [0.3, 0.4) is 0 Å². The fourth-order valence-electron chi connectivity index (χ4n) is 2.71. The fraction of sp³-hybridized carbons (Fsp3) is 0.0526. The third-order valence-corrected chi connectivity index (χ3v) is 5.01. The number of carbonyl (C=O) groups is 1. The Hall–Kier alpha value is -2.57. The first-order valence-electron chi connectivity index (χ1n) is 7.69. The van der Waals surface area contributed by atoms with Crippen molar-refractivity contribution in [3.8, 4) is 11.3 Å². The van der Waals surface area contributed by atoms with Gasteiger partial charge in [-0.1, -0.05) is 54.3 Å². The van der Waals surface area contributed by atoms with E-state index < -0.39 is 0 Å². The van der Waals surface area contributed by atoms with Gasteiger partial charge in [0.15, 0.2) is 0 Å². The van der Waals surface area contributed by atoms with Crippen molar-refractivity contribution in [2.24, 2.45) is 0 Å². The number of aromatic nitrogens is 2. The molecule has 1 aromatic heterocycles. The maximum absolute atomic E-state index is 11.8. The molecule has 3 aromatic rings. The Balaban J connectivity index is 1.77. The molecule has 25 heavy (non-hydrogen) atoms. The zero-order chi connectivity index (χ0) is 17.4. The van der Waals surface area contributed by atoms with Crippen LogP contribution in [0.25, 0.3) is 28.4 Å². The van der Waals surface area contributed by atoms with Crippen LogP contribution in [0.15, 0.2) is 53.4 Å². The quantitative estimate of drug-likeness (QED) is 0.549. The monoisotopic (exact) mass is 363 g/mol. The normalized spacial score (nSPS) is 15.8. The zero-order valence-corrected chi connectivity index (χ0v) is 14.9. The molecule has 1 amide bonds. The molecule has 1 N–H and O–H groups in total. The summed E-state index contributed by atoms with van der Waals surface area (Å²) in [7, 11) is 0. The van der Waals surface area contributed by atoms with Gasteiger partial charge in [-0.25, -0.2) is 9.97 Å². The Labute approximate surface area is 154 Å². The van der Waals surface area contributed by atoms with Gasteiger partial charge in [0.25, 0.3) is 5.91 Å². The molecule has 0 aliphatic carbocycles. The predicted octanol–water partition coefficient (Wildman–Crippen LogP) is 4.09. The second-order valence-electron chi connectivity index (χ2n) is 5.62. The number of rotatable bonds is 2. The topological polar surface area (TPSA) is 54.9 Å². The molecule has 2 heterocycles. The van der Waals surface area contributed by atoms with Crippen LogP contribution < -0.4 is 5.32 Å². The van der Waals surface area contributed by atoms with E-state index in [4.69, 9.17) is 17.2 Å². The van der Waals surface area contributed by atoms with Crippen molar-refractivity contribution in [3.63, 3.8) is 0 Å². The number of benzene rings is 2. The average Bonchev–Trinajstić information content (AvgIpc) is 2.91. The van der Waals surface area contributed by atoms with Crippen LogP contribution in [0.5, 0.6) is 0 Å². The second kappa shape index (κ2) is 6.38. The summed E-state index contributed by atoms with van der Waals surface area (Å²) in [5, 5.41) is 2.63. The number of hydrogen-bond acceptors (Lipinski definition) is 5. The molecule has 1 aliphatic heterocycles. The van der Waals surface area contributed by atoms with Crippen molar-refractivity contribution in [1.82, 2.24) is 15.3 Å². The maximum atomic E-state index is 11.8. The minimum absolute atomic E-state index is 0.151. The molecule has 6 heteroatoms. The van der Waals surface area contributed by atoms with Gasteiger partial charge in [-0.05, 0) is 36.8 Å². The van der Waals surface area contributed by atoms with Gasteiger partial charge in [0.2, 0.25) is 0 Å². The molecule has 0 radical (unpaired) electrons. The van der Waals surface area contributed by atoms with Crippen LogP contribution >= 0.6 is 24.0 Å². The van der Waals surface area contributed by atoms with Crippen molar-refractivity contribution in [2.75, 3.05) is 0 Å². The number of fused-ring (bicyclic) bond motifs is 1. The van der Waals surface area contributed by atoms with E-state index in [0.717, 1.165) is 33.5 Å². The number of nitrogens with zero attached hydrogens (tertiary/aromatic N) is 2. The average molecular weight is 363 g/mol. The number of carbonyl (C=O) groups excluding carboxylic acids is 1. The molecule has 0 bridgehead atoms. The van der Waals surface area contributed by atoms with Crippen LogP contribution in [-0.4, -0.2) is 20.2 Å². The lowest BCUT2D eigenvalue weighted by Crippen LogP contribution is -2.17. The van der Waals surface area contributed by atoms with Gasteiger partial charge in [-0.15, -0.1) is 0 Å². The van der Waals surface area contributed by atoms with Crippen molar-refractivity contribution in [3.05, 3.63) is 64.7 Å². The summed E-state index contributed by atoms with van der Waals surface area (Å²) < 4.78 is 0.489. The lowest BCUT2D eigenvalue weighted by molar-refractivity contribution is -0.115. The minimum atomic E-state index is -0.151. The van der Waals surface area contributed by atoms with Gasteiger partial charge >= 0.3 is 0 Å². The van der Waals surface area contributed by atoms with Crippen molar-refractivity contribution in [2.45, 2.75) is 6.92 Å². The summed E-state index contributed by atoms with van der Waals surface area (Å²) in [4.78, 5) is 21.8. The second-order valence-corrected chi connectivity index (χ2v) is 7.34. The largest absolute Gasteiger partial charge is 0.307 e. The van der Waals surface area contributed by atoms with Crippen LogP contribution in [0.1, 0.15) is 11.3 Å². The fourth-order valence-corrected chi connectivity index (χ4v) is 3.75. The summed E-state index contributed by atoms with van der Waals surface area (Å²) in [6.07, 6.45) is 1.84. The number of nitrogens with one attached hydrogen (secondary N) is 1. The van der Waals surface area contributed by atoms with Crippen LogP contribution in [0.4, 0.5) is 0 Å². The van der Waals surface area contributed by atoms with E-state index in [-0.39, 0.29) is 5.91 Å². The highest BCUT2D eigenvalue weighted by Crippen LogP contribution is 2.28. The van der Waals surface area contributed by atoms with Gasteiger partial charge in [0, 0.05) is 5.56 Å². The van der Waals surface area contributed by atoms with Gasteiger partial charge in [-0.3, -0.25) is 4.79 Å². The highest BCUT2D eigenvalue weighted by atomic mass is 32.2. The van der Waals surface area contributed by atoms with Crippen molar-refractivity contribution in [1.29, 1.82) is 0 Å². The molecular weight excluding hydrogens is 350 g/mol. The number of aryl methyl sites for hydroxylation is 1. The Morgan fingerprint density at radius 3 is 2.56 bits per heavy atom. The zero-order valence-electron chi connectivity index (χ0n) is 13.3. The molecule has 2 aromatic carbocycles. The van der Waals surface area contributed by atoms with Crippen LogP contribution in [0.2, 0.25) is 0 Å². The molecule has 1 aliphatic rings. The number of para-hydroxylation sites is 2. The molecular formula is C19H13N3OS2. The van der Waals surface area contributed by atoms with E-state index >= 15 is 0 Å². The summed E-state index contributed by atoms with van der Waals surface area (Å²) in [5.41, 5.74) is 5.36. The number of thioether (sulfide) groups is 1. The van der Waals surface area contributed by atoms with Crippen molar-refractivity contribution >= 4 is 51.3 Å². The summed E-state index contributed by atoms with van der Waals surface area (Å²) >= 11 is 6.30. The molecule has 0 saturated carbocycles. The first-order valence-corrected chi connectivity index (χ1v) is 8.91. The summed E-state index contributed by atoms with van der Waals surface area (Å²) in [6.45, 7) is 1.96. The first-order chi connectivity index (χ1) is 12.1. The van der Waals surface area contributed by atoms with Gasteiger partial charge < -0.3 is 5.32 Å². The Bertz CT molecular complexity index is 1060. The summed E-state index contributed by atoms with van der Waals surface area (Å²) in [6, 6.07) is 15.7. The smallest absolute Gasteiger partial charge is 0.263 e. The standard InChI is InChI=1S/C19H13N3OS2/c1-11-17(21-15-8-3-2-7-14(15)20-11)13-6-4-5-12(9-13)10-16-18(23)22-19(24)25-16/h2-10H,1H3,(H,22,23,24)/b16-10-. The molecule has 0 unspecified atom stereocenters. The lowest BCUT2D eigenvalue weighted by Gasteiger charge is -2.07.